The van der Waals surface area contributed by atoms with Gasteiger partial charge in [-0.3, -0.25) is 0 Å². The molecule has 4 rings (SSSR count). The van der Waals surface area contributed by atoms with E-state index in [-0.39, 0.29) is 16.9 Å². The number of rotatable bonds is 6. The van der Waals surface area contributed by atoms with Crippen molar-refractivity contribution in [3.8, 4) is 11.3 Å². The van der Waals surface area contributed by atoms with Crippen LogP contribution in [0, 0.1) is 0 Å². The lowest BCUT2D eigenvalue weighted by atomic mass is 10.0. The number of benzene rings is 1. The van der Waals surface area contributed by atoms with Crippen molar-refractivity contribution >= 4 is 17.3 Å². The quantitative estimate of drug-likeness (QED) is 0.480. The molecule has 0 aliphatic carbocycles. The molecule has 1 aromatic carbocycles. The predicted octanol–water partition coefficient (Wildman–Crippen LogP) is 3.04. The van der Waals surface area contributed by atoms with Gasteiger partial charge >= 0.3 is 0 Å². The fraction of sp³-hybridized carbons (Fsp3) is 0.158. The van der Waals surface area contributed by atoms with Gasteiger partial charge in [0.1, 0.15) is 12.1 Å². The van der Waals surface area contributed by atoms with Crippen molar-refractivity contribution in [3.05, 3.63) is 66.7 Å². The summed E-state index contributed by atoms with van der Waals surface area (Å²) in [6.07, 6.45) is 5.51. The first-order valence-electron chi connectivity index (χ1n) is 8.60. The molecule has 0 spiro atoms. The Morgan fingerprint density at radius 3 is 2.81 bits per heavy atom. The van der Waals surface area contributed by atoms with Gasteiger partial charge in [-0.05, 0) is 18.1 Å². The van der Waals surface area contributed by atoms with Gasteiger partial charge in [0.2, 0.25) is 0 Å². The Kier molecular flexibility index (Phi) is 4.63. The van der Waals surface area contributed by atoms with Crippen molar-refractivity contribution in [1.82, 2.24) is 24.6 Å². The van der Waals surface area contributed by atoms with Crippen LogP contribution in [0.3, 0.4) is 0 Å². The number of fused-ring (bicyclic) bond motifs is 1. The minimum Gasteiger partial charge on any atom is -0.396 e. The van der Waals surface area contributed by atoms with E-state index in [0.29, 0.717) is 35.0 Å². The van der Waals surface area contributed by atoms with E-state index in [1.165, 1.54) is 6.33 Å². The first kappa shape index (κ1) is 16.9. The van der Waals surface area contributed by atoms with Crippen molar-refractivity contribution < 1.29 is 9.39 Å². The number of aliphatic hydroxyl groups is 1. The van der Waals surface area contributed by atoms with Gasteiger partial charge in [0, 0.05) is 29.3 Å². The number of anilines is 2. The standard InChI is InChI=1S/C19H19N7O.3H2/c20-18-17(19-21-8-4-9-26(19)25-18)15-11-16(23-12-22-15)24-14(7-10-27)13-5-2-1-3-6-13;;;/h1-6,8-9,11-12,14,27H,7,10H2,(H2,20,25)(H,22,23,24);3*1H. The summed E-state index contributed by atoms with van der Waals surface area (Å²) < 4.78 is 1.62. The van der Waals surface area contributed by atoms with Crippen LogP contribution in [0.15, 0.2) is 61.2 Å². The topological polar surface area (TPSA) is 114 Å². The first-order valence-corrected chi connectivity index (χ1v) is 8.60. The molecule has 0 aliphatic rings. The van der Waals surface area contributed by atoms with Crippen LogP contribution in [-0.2, 0) is 0 Å². The smallest absolute Gasteiger partial charge is 0.166 e. The molecule has 0 saturated carbocycles. The lowest BCUT2D eigenvalue weighted by molar-refractivity contribution is 0.280. The van der Waals surface area contributed by atoms with E-state index in [0.717, 1.165) is 5.56 Å². The van der Waals surface area contributed by atoms with E-state index in [4.69, 9.17) is 5.73 Å². The molecule has 0 fully saturated rings. The van der Waals surface area contributed by atoms with Gasteiger partial charge in [-0.1, -0.05) is 30.3 Å². The molecule has 4 N–H and O–H groups in total. The average molecular weight is 367 g/mol. The number of nitrogens with one attached hydrogen (secondary N) is 1. The molecule has 3 aromatic heterocycles. The Hall–Kier alpha value is -3.52. The lowest BCUT2D eigenvalue weighted by Gasteiger charge is -2.19. The number of aromatic nitrogens is 5. The Morgan fingerprint density at radius 2 is 2.00 bits per heavy atom. The molecular formula is C19H25N7O. The van der Waals surface area contributed by atoms with E-state index < -0.39 is 0 Å². The van der Waals surface area contributed by atoms with Crippen molar-refractivity contribution in [1.29, 1.82) is 0 Å². The summed E-state index contributed by atoms with van der Waals surface area (Å²) in [5, 5.41) is 17.1. The van der Waals surface area contributed by atoms with E-state index in [1.807, 2.05) is 36.4 Å². The summed E-state index contributed by atoms with van der Waals surface area (Å²) in [6.45, 7) is 0.0649. The first-order chi connectivity index (χ1) is 13.3. The Morgan fingerprint density at radius 1 is 1.15 bits per heavy atom. The average Bonchev–Trinajstić information content (AvgIpc) is 3.04. The van der Waals surface area contributed by atoms with E-state index in [9.17, 15) is 5.11 Å². The molecule has 4 aromatic rings. The number of hydrogen-bond acceptors (Lipinski definition) is 7. The predicted molar refractivity (Wildman–Crippen MR) is 109 cm³/mol. The van der Waals surface area contributed by atoms with Crippen molar-refractivity contribution in [2.75, 3.05) is 17.7 Å². The second-order valence-corrected chi connectivity index (χ2v) is 6.06. The molecule has 1 atom stereocenters. The maximum atomic E-state index is 9.43. The molecule has 0 aliphatic heterocycles. The van der Waals surface area contributed by atoms with E-state index in [1.54, 1.807) is 23.0 Å². The highest BCUT2D eigenvalue weighted by molar-refractivity contribution is 5.84. The zero-order valence-electron chi connectivity index (χ0n) is 14.5. The normalized spacial score (nSPS) is 12.2. The molecule has 0 bridgehead atoms. The Labute approximate surface area is 160 Å². The van der Waals surface area contributed by atoms with Crippen molar-refractivity contribution in [2.45, 2.75) is 12.5 Å². The summed E-state index contributed by atoms with van der Waals surface area (Å²) in [4.78, 5) is 13.0. The van der Waals surface area contributed by atoms with E-state index in [2.05, 4.69) is 25.4 Å². The molecule has 8 nitrogen and oxygen atoms in total. The molecule has 1 unspecified atom stereocenters. The molecule has 8 heteroatoms. The molecule has 0 amide bonds. The van der Waals surface area contributed by atoms with Crippen LogP contribution in [0.2, 0.25) is 0 Å². The molecule has 27 heavy (non-hydrogen) atoms. The fourth-order valence-corrected chi connectivity index (χ4v) is 3.04. The summed E-state index contributed by atoms with van der Waals surface area (Å²) >= 11 is 0. The second-order valence-electron chi connectivity index (χ2n) is 6.06. The summed E-state index contributed by atoms with van der Waals surface area (Å²) in [5.74, 6) is 0.991. The van der Waals surface area contributed by atoms with Crippen molar-refractivity contribution in [3.63, 3.8) is 0 Å². The summed E-state index contributed by atoms with van der Waals surface area (Å²) in [7, 11) is 0. The third kappa shape index (κ3) is 3.42. The van der Waals surface area contributed by atoms with E-state index >= 15 is 0 Å². The maximum absolute atomic E-state index is 9.43. The fourth-order valence-electron chi connectivity index (χ4n) is 3.04. The third-order valence-corrected chi connectivity index (χ3v) is 4.29. The van der Waals surface area contributed by atoms with Crippen LogP contribution in [0.5, 0.6) is 0 Å². The van der Waals surface area contributed by atoms with Crippen molar-refractivity contribution in [2.24, 2.45) is 0 Å². The molecule has 0 radical (unpaired) electrons. The zero-order valence-corrected chi connectivity index (χ0v) is 14.5. The number of nitrogens with two attached hydrogens (primary N) is 1. The highest BCUT2D eigenvalue weighted by Gasteiger charge is 2.17. The lowest BCUT2D eigenvalue weighted by Crippen LogP contribution is -2.13. The number of nitrogen functional groups attached to an aromatic ring is 1. The highest BCUT2D eigenvalue weighted by Crippen LogP contribution is 2.29. The second kappa shape index (κ2) is 7.38. The van der Waals surface area contributed by atoms with Gasteiger partial charge in [-0.15, -0.1) is 5.10 Å². The van der Waals surface area contributed by atoms with Gasteiger partial charge in [0.15, 0.2) is 11.5 Å². The van der Waals surface area contributed by atoms with Crippen LogP contribution < -0.4 is 11.1 Å². The Bertz CT molecular complexity index is 1060. The maximum Gasteiger partial charge on any atom is 0.166 e. The third-order valence-electron chi connectivity index (χ3n) is 4.29. The van der Waals surface area contributed by atoms with Gasteiger partial charge in [0.05, 0.1) is 17.3 Å². The minimum absolute atomic E-state index is 0. The summed E-state index contributed by atoms with van der Waals surface area (Å²) in [6, 6.07) is 13.5. The molecule has 3 heterocycles. The summed E-state index contributed by atoms with van der Waals surface area (Å²) in [5.41, 5.74) is 9.10. The van der Waals surface area contributed by atoms with Gasteiger partial charge < -0.3 is 16.2 Å². The van der Waals surface area contributed by atoms with Crippen LogP contribution >= 0.6 is 0 Å². The SMILES string of the molecule is Nc1nn2cccnc2c1-c1cc(NC(CCO)c2ccccc2)ncn1.[HH].[HH].[HH]. The minimum atomic E-state index is -0.0710. The van der Waals surface area contributed by atoms with Crippen LogP contribution in [-0.4, -0.2) is 36.3 Å². The van der Waals surface area contributed by atoms with Crippen LogP contribution in [0.4, 0.5) is 11.6 Å². The van der Waals surface area contributed by atoms with Gasteiger partial charge in [-0.2, -0.15) is 0 Å². The number of nitrogens with zero attached hydrogens (tertiary/aromatic N) is 5. The monoisotopic (exact) mass is 367 g/mol. The Balaban J connectivity index is 0.00000150. The molecule has 142 valence electrons. The molecular weight excluding hydrogens is 342 g/mol. The van der Waals surface area contributed by atoms with Gasteiger partial charge in [0.25, 0.3) is 0 Å². The van der Waals surface area contributed by atoms with Gasteiger partial charge in [-0.25, -0.2) is 19.5 Å². The number of aliphatic hydroxyl groups excluding tert-OH is 1. The van der Waals surface area contributed by atoms with Crippen LogP contribution in [0.1, 0.15) is 22.3 Å². The molecule has 0 saturated heterocycles. The highest BCUT2D eigenvalue weighted by atomic mass is 16.3. The zero-order chi connectivity index (χ0) is 18.6. The largest absolute Gasteiger partial charge is 0.396 e. The van der Waals surface area contributed by atoms with Crippen LogP contribution in [0.25, 0.3) is 16.9 Å². The number of hydrogen-bond donors (Lipinski definition) is 3.